The Morgan fingerprint density at radius 1 is 1.22 bits per heavy atom. The fourth-order valence-corrected chi connectivity index (χ4v) is 10.4. The fraction of sp³-hybridized carbons (Fsp3) is 0.750. The molecule has 0 radical (unpaired) electrons. The Bertz CT molecular complexity index is 1160. The third kappa shape index (κ3) is 3.57. The number of imidazole rings is 1. The molecular weight excluding hydrogens is 478 g/mol. The third-order valence-corrected chi connectivity index (χ3v) is 14.3. The molecule has 0 aliphatic carbocycles. The minimum absolute atomic E-state index is 0.0609. The summed E-state index contributed by atoms with van der Waals surface area (Å²) in [6.07, 6.45) is 4.26. The smallest absolute Gasteiger partial charge is 0.204 e. The average molecular weight is 516 g/mol. The van der Waals surface area contributed by atoms with Crippen LogP contribution in [0.2, 0.25) is 17.1 Å². The molecule has 0 saturated carbocycles. The first-order chi connectivity index (χ1) is 17.1. The molecule has 0 N–H and O–H groups in total. The van der Waals surface area contributed by atoms with Crippen molar-refractivity contribution in [1.82, 2.24) is 29.3 Å². The van der Waals surface area contributed by atoms with Gasteiger partial charge in [0, 0.05) is 39.3 Å². The van der Waals surface area contributed by atoms with E-state index in [4.69, 9.17) is 18.6 Å². The molecule has 12 heteroatoms. The van der Waals surface area contributed by atoms with E-state index in [-0.39, 0.29) is 29.0 Å². The van der Waals surface area contributed by atoms with Gasteiger partial charge in [0.2, 0.25) is 8.32 Å². The van der Waals surface area contributed by atoms with Crippen molar-refractivity contribution in [1.29, 1.82) is 0 Å². The van der Waals surface area contributed by atoms with E-state index in [0.717, 1.165) is 32.8 Å². The maximum atomic E-state index is 7.16. The first-order valence-electron chi connectivity index (χ1n) is 12.8. The van der Waals surface area contributed by atoms with Crippen LogP contribution in [0.3, 0.4) is 0 Å². The highest BCUT2D eigenvalue weighted by molar-refractivity contribution is 6.78. The number of aromatic nitrogens is 4. The second kappa shape index (κ2) is 8.53. The molecular formula is C24H37N7O4Si. The van der Waals surface area contributed by atoms with Gasteiger partial charge in [0.15, 0.2) is 23.2 Å². The topological polar surface area (TPSA) is 99.4 Å². The SMILES string of the molecule is CN(C)/C=N/c1ncnc2c1ncn2[C@@H]1O[C@]2(CN3CCOCC3)C3O[Si](C)(C(C)(C)C)C2COC31. The Morgan fingerprint density at radius 3 is 2.72 bits per heavy atom. The van der Waals surface area contributed by atoms with Crippen LogP contribution in [-0.2, 0) is 18.6 Å². The van der Waals surface area contributed by atoms with E-state index in [1.165, 1.54) is 6.33 Å². The second-order valence-electron chi connectivity index (χ2n) is 11.8. The number of hydrogen-bond donors (Lipinski definition) is 0. The molecule has 0 spiro atoms. The van der Waals surface area contributed by atoms with Crippen LogP contribution in [0.5, 0.6) is 0 Å². The van der Waals surface area contributed by atoms with Crippen molar-refractivity contribution in [2.45, 2.75) is 61.9 Å². The van der Waals surface area contributed by atoms with E-state index in [9.17, 15) is 0 Å². The molecule has 4 unspecified atom stereocenters. The minimum Gasteiger partial charge on any atom is -0.407 e. The lowest BCUT2D eigenvalue weighted by Crippen LogP contribution is -2.58. The summed E-state index contributed by atoms with van der Waals surface area (Å²) in [6, 6.07) is 0. The summed E-state index contributed by atoms with van der Waals surface area (Å²) in [7, 11) is 1.63. The zero-order valence-corrected chi connectivity index (χ0v) is 23.0. The maximum Gasteiger partial charge on any atom is 0.204 e. The lowest BCUT2D eigenvalue weighted by Gasteiger charge is -2.45. The van der Waals surface area contributed by atoms with E-state index in [0.29, 0.717) is 23.6 Å². The van der Waals surface area contributed by atoms with Gasteiger partial charge in [-0.05, 0) is 11.6 Å². The summed E-state index contributed by atoms with van der Waals surface area (Å²) >= 11 is 0. The number of nitrogens with zero attached hydrogens (tertiary/aromatic N) is 7. The predicted octanol–water partition coefficient (Wildman–Crippen LogP) is 2.19. The van der Waals surface area contributed by atoms with Crippen molar-refractivity contribution in [2.24, 2.45) is 4.99 Å². The van der Waals surface area contributed by atoms with Gasteiger partial charge in [-0.1, -0.05) is 20.8 Å². The summed E-state index contributed by atoms with van der Waals surface area (Å²) in [5.41, 5.74) is 1.12. The Hall–Kier alpha value is -1.96. The van der Waals surface area contributed by atoms with Gasteiger partial charge in [0.05, 0.1) is 32.5 Å². The van der Waals surface area contributed by atoms with Crippen LogP contribution in [-0.4, -0.2) is 115 Å². The molecule has 6 rings (SSSR count). The molecule has 4 bridgehead atoms. The van der Waals surface area contributed by atoms with Gasteiger partial charge in [-0.3, -0.25) is 9.47 Å². The molecule has 11 nitrogen and oxygen atoms in total. The number of ether oxygens (including phenoxy) is 3. The highest BCUT2D eigenvalue weighted by atomic mass is 28.4. The molecule has 2 aromatic heterocycles. The zero-order chi connectivity index (χ0) is 25.3. The second-order valence-corrected chi connectivity index (χ2v) is 16.5. The quantitative estimate of drug-likeness (QED) is 0.337. The Morgan fingerprint density at radius 2 is 2.00 bits per heavy atom. The van der Waals surface area contributed by atoms with Gasteiger partial charge in [0.1, 0.15) is 24.1 Å². The molecule has 6 atom stereocenters. The van der Waals surface area contributed by atoms with Crippen molar-refractivity contribution in [3.63, 3.8) is 0 Å². The van der Waals surface area contributed by atoms with Crippen molar-refractivity contribution >= 4 is 31.6 Å². The van der Waals surface area contributed by atoms with Crippen LogP contribution in [0.4, 0.5) is 5.82 Å². The monoisotopic (exact) mass is 515 g/mol. The normalized spacial score (nSPS) is 36.8. The summed E-state index contributed by atoms with van der Waals surface area (Å²) < 4.78 is 28.5. The third-order valence-electron chi connectivity index (χ3n) is 8.57. The van der Waals surface area contributed by atoms with Crippen molar-refractivity contribution in [3.8, 4) is 0 Å². The fourth-order valence-electron chi connectivity index (χ4n) is 6.27. The van der Waals surface area contributed by atoms with Crippen LogP contribution in [0, 0.1) is 0 Å². The van der Waals surface area contributed by atoms with Crippen molar-refractivity contribution in [3.05, 3.63) is 12.7 Å². The van der Waals surface area contributed by atoms with Gasteiger partial charge >= 0.3 is 0 Å². The van der Waals surface area contributed by atoms with E-state index in [1.807, 2.05) is 23.6 Å². The number of hydrogen-bond acceptors (Lipinski definition) is 9. The largest absolute Gasteiger partial charge is 0.407 e. The predicted molar refractivity (Wildman–Crippen MR) is 137 cm³/mol. The minimum atomic E-state index is -2.21. The molecule has 4 saturated heterocycles. The Labute approximate surface area is 212 Å². The van der Waals surface area contributed by atoms with E-state index in [1.54, 1.807) is 12.7 Å². The number of morpholine rings is 1. The first kappa shape index (κ1) is 24.4. The van der Waals surface area contributed by atoms with Gasteiger partial charge in [-0.25, -0.2) is 19.9 Å². The molecule has 4 aliphatic heterocycles. The lowest BCUT2D eigenvalue weighted by atomic mass is 9.88. The van der Waals surface area contributed by atoms with Gasteiger partial charge < -0.3 is 23.5 Å². The van der Waals surface area contributed by atoms with Gasteiger partial charge in [-0.2, -0.15) is 0 Å². The van der Waals surface area contributed by atoms with Crippen LogP contribution in [0.25, 0.3) is 11.2 Å². The molecule has 196 valence electrons. The zero-order valence-electron chi connectivity index (χ0n) is 22.0. The van der Waals surface area contributed by atoms with Crippen molar-refractivity contribution < 1.29 is 18.6 Å². The highest BCUT2D eigenvalue weighted by Gasteiger charge is 2.76. The Kier molecular flexibility index (Phi) is 5.78. The molecule has 0 aromatic carbocycles. The van der Waals surface area contributed by atoms with Crippen LogP contribution >= 0.6 is 0 Å². The molecule has 6 heterocycles. The molecule has 4 fully saturated rings. The van der Waals surface area contributed by atoms with Crippen LogP contribution < -0.4 is 0 Å². The van der Waals surface area contributed by atoms with E-state index < -0.39 is 13.9 Å². The summed E-state index contributed by atoms with van der Waals surface area (Å²) in [5, 5.41) is 0.0609. The van der Waals surface area contributed by atoms with Gasteiger partial charge in [0.25, 0.3) is 0 Å². The number of rotatable bonds is 5. The van der Waals surface area contributed by atoms with E-state index in [2.05, 4.69) is 52.2 Å². The summed E-state index contributed by atoms with van der Waals surface area (Å²) in [4.78, 5) is 22.4. The number of aliphatic imine (C=N–C) groups is 1. The summed E-state index contributed by atoms with van der Waals surface area (Å²) in [6.45, 7) is 14.1. The van der Waals surface area contributed by atoms with E-state index >= 15 is 0 Å². The molecule has 4 aliphatic rings. The lowest BCUT2D eigenvalue weighted by molar-refractivity contribution is -0.110. The maximum absolute atomic E-state index is 7.16. The highest BCUT2D eigenvalue weighted by Crippen LogP contribution is 2.65. The Balaban J connectivity index is 1.40. The standard InChI is InChI=1S/C24H37N7O4Si/c1-23(2,3)36(6)16-11-33-18-19(35-36)24(16,12-30-7-9-32-10-8-30)34-22(18)31-15-27-17-20(28-14-29(4)5)25-13-26-21(17)31/h13-16,18-19,22H,7-12H2,1-6H3/b28-14+/t16?,18?,19?,22-,24+,36?/m1/s1. The van der Waals surface area contributed by atoms with Crippen LogP contribution in [0.15, 0.2) is 17.6 Å². The van der Waals surface area contributed by atoms with Gasteiger partial charge in [-0.15, -0.1) is 0 Å². The summed E-state index contributed by atoms with van der Waals surface area (Å²) in [5.74, 6) is 0.530. The van der Waals surface area contributed by atoms with Crippen molar-refractivity contribution in [2.75, 3.05) is 53.6 Å². The van der Waals surface area contributed by atoms with Crippen LogP contribution in [0.1, 0.15) is 27.0 Å². The average Bonchev–Trinajstić information content (AvgIpc) is 3.36. The molecule has 0 amide bonds. The molecule has 36 heavy (non-hydrogen) atoms. The number of fused-ring (bicyclic) bond motifs is 1. The first-order valence-corrected chi connectivity index (χ1v) is 15.3. The molecule has 2 aromatic rings.